The molecule has 2 amide bonds. The third-order valence-corrected chi connectivity index (χ3v) is 8.03. The molecular formula is C28H32N2O5. The summed E-state index contributed by atoms with van der Waals surface area (Å²) in [5.41, 5.74) is 2.94. The number of rotatable bonds is 7. The van der Waals surface area contributed by atoms with E-state index in [-0.39, 0.29) is 18.4 Å². The van der Waals surface area contributed by atoms with Gasteiger partial charge in [-0.3, -0.25) is 9.59 Å². The molecule has 0 radical (unpaired) electrons. The molecule has 2 fully saturated rings. The number of nitrogens with zero attached hydrogens (tertiary/aromatic N) is 1. The number of piperidine rings is 1. The zero-order valence-electron chi connectivity index (χ0n) is 20.1. The summed E-state index contributed by atoms with van der Waals surface area (Å²) < 4.78 is 5.65. The van der Waals surface area contributed by atoms with E-state index in [1.165, 1.54) is 0 Å². The van der Waals surface area contributed by atoms with Crippen molar-refractivity contribution in [3.63, 3.8) is 0 Å². The van der Waals surface area contributed by atoms with Gasteiger partial charge < -0.3 is 20.1 Å². The van der Waals surface area contributed by atoms with Crippen LogP contribution in [0.2, 0.25) is 0 Å². The monoisotopic (exact) mass is 476 g/mol. The van der Waals surface area contributed by atoms with Gasteiger partial charge in [0, 0.05) is 19.0 Å². The van der Waals surface area contributed by atoms with Crippen LogP contribution < -0.4 is 5.32 Å². The van der Waals surface area contributed by atoms with Gasteiger partial charge in [0.15, 0.2) is 0 Å². The molecule has 0 spiro atoms. The second kappa shape index (κ2) is 9.02. The number of hydrogen-bond acceptors (Lipinski definition) is 4. The van der Waals surface area contributed by atoms with Crippen molar-refractivity contribution in [2.24, 2.45) is 5.41 Å². The molecule has 7 heteroatoms. The number of alkyl carbamates (subject to hydrolysis) is 1. The number of carbonyl (C=O) groups is 3. The Kier molecular flexibility index (Phi) is 6.03. The highest BCUT2D eigenvalue weighted by Crippen LogP contribution is 2.45. The normalized spacial score (nSPS) is 19.4. The lowest BCUT2D eigenvalue weighted by Gasteiger charge is -2.40. The van der Waals surface area contributed by atoms with Crippen molar-refractivity contribution in [1.29, 1.82) is 0 Å². The lowest BCUT2D eigenvalue weighted by molar-refractivity contribution is -0.155. The first-order valence-electron chi connectivity index (χ1n) is 12.6. The Morgan fingerprint density at radius 3 is 2.06 bits per heavy atom. The minimum atomic E-state index is -0.920. The summed E-state index contributed by atoms with van der Waals surface area (Å²) >= 11 is 0. The molecule has 1 saturated carbocycles. The smallest absolute Gasteiger partial charge is 0.408 e. The van der Waals surface area contributed by atoms with Crippen LogP contribution >= 0.6 is 0 Å². The van der Waals surface area contributed by atoms with E-state index in [4.69, 9.17) is 4.74 Å². The van der Waals surface area contributed by atoms with Crippen molar-refractivity contribution in [3.8, 4) is 11.1 Å². The number of fused-ring (bicyclic) bond motifs is 3. The second-order valence-electron chi connectivity index (χ2n) is 10.2. The van der Waals surface area contributed by atoms with E-state index in [2.05, 4.69) is 29.6 Å². The Morgan fingerprint density at radius 1 is 0.971 bits per heavy atom. The van der Waals surface area contributed by atoms with Gasteiger partial charge in [0.2, 0.25) is 5.91 Å². The van der Waals surface area contributed by atoms with Gasteiger partial charge in [0.25, 0.3) is 0 Å². The van der Waals surface area contributed by atoms with Gasteiger partial charge in [-0.1, -0.05) is 61.9 Å². The molecule has 2 aromatic rings. The van der Waals surface area contributed by atoms with E-state index >= 15 is 0 Å². The predicted molar refractivity (Wildman–Crippen MR) is 131 cm³/mol. The fourth-order valence-electron chi connectivity index (χ4n) is 5.84. The number of carboxylic acid groups (broad SMARTS) is 1. The summed E-state index contributed by atoms with van der Waals surface area (Å²) in [6.07, 6.45) is 2.88. The van der Waals surface area contributed by atoms with Crippen LogP contribution in [0.3, 0.4) is 0 Å². The highest BCUT2D eigenvalue weighted by Gasteiger charge is 2.55. The summed E-state index contributed by atoms with van der Waals surface area (Å²) in [6, 6.07) is 16.3. The minimum absolute atomic E-state index is 0.0381. The van der Waals surface area contributed by atoms with Gasteiger partial charge in [0.1, 0.15) is 12.1 Å². The number of aliphatic carboxylic acids is 1. The molecule has 3 aliphatic rings. The van der Waals surface area contributed by atoms with Gasteiger partial charge in [-0.15, -0.1) is 0 Å². The van der Waals surface area contributed by atoms with Crippen LogP contribution in [0, 0.1) is 5.41 Å². The Morgan fingerprint density at radius 2 is 1.54 bits per heavy atom. The quantitative estimate of drug-likeness (QED) is 0.611. The molecule has 7 nitrogen and oxygen atoms in total. The molecule has 0 aromatic heterocycles. The molecule has 1 saturated heterocycles. The number of ether oxygens (including phenoxy) is 1. The molecule has 184 valence electrons. The molecule has 35 heavy (non-hydrogen) atoms. The number of amides is 2. The zero-order valence-corrected chi connectivity index (χ0v) is 20.1. The van der Waals surface area contributed by atoms with Crippen LogP contribution in [0.5, 0.6) is 0 Å². The van der Waals surface area contributed by atoms with Crippen molar-refractivity contribution >= 4 is 18.0 Å². The van der Waals surface area contributed by atoms with E-state index in [9.17, 15) is 19.5 Å². The first-order chi connectivity index (χ1) is 16.9. The molecule has 1 heterocycles. The lowest BCUT2D eigenvalue weighted by atomic mass is 9.75. The summed E-state index contributed by atoms with van der Waals surface area (Å²) in [5.74, 6) is -0.936. The van der Waals surface area contributed by atoms with Crippen molar-refractivity contribution in [2.75, 3.05) is 19.7 Å². The summed E-state index contributed by atoms with van der Waals surface area (Å²) in [4.78, 5) is 39.6. The van der Waals surface area contributed by atoms with Crippen LogP contribution in [-0.2, 0) is 14.3 Å². The van der Waals surface area contributed by atoms with Gasteiger partial charge in [-0.2, -0.15) is 0 Å². The minimum Gasteiger partial charge on any atom is -0.481 e. The van der Waals surface area contributed by atoms with Crippen LogP contribution in [0.4, 0.5) is 4.79 Å². The van der Waals surface area contributed by atoms with Gasteiger partial charge >= 0.3 is 12.1 Å². The average Bonchev–Trinajstić information content (AvgIpc) is 3.58. The van der Waals surface area contributed by atoms with E-state index in [0.29, 0.717) is 45.2 Å². The maximum absolute atomic E-state index is 13.3. The number of benzene rings is 2. The maximum atomic E-state index is 13.3. The first-order valence-corrected chi connectivity index (χ1v) is 12.6. The maximum Gasteiger partial charge on any atom is 0.408 e. The molecule has 2 N–H and O–H groups in total. The number of hydrogen-bond donors (Lipinski definition) is 2. The SMILES string of the molecule is CCCC1(C(=O)O)CCN(C(=O)C2(NC(=O)OCC3c4ccccc4-c4ccccc43)CC2)CC1. The number of likely N-dealkylation sites (tertiary alicyclic amines) is 1. The summed E-state index contributed by atoms with van der Waals surface area (Å²) in [5, 5.41) is 12.6. The van der Waals surface area contributed by atoms with Crippen LogP contribution in [0.1, 0.15) is 62.5 Å². The highest BCUT2D eigenvalue weighted by atomic mass is 16.5. The number of carboxylic acids is 1. The molecule has 1 aliphatic heterocycles. The van der Waals surface area contributed by atoms with Gasteiger partial charge in [0.05, 0.1) is 5.41 Å². The van der Waals surface area contributed by atoms with Crippen LogP contribution in [-0.4, -0.2) is 53.2 Å². The third-order valence-electron chi connectivity index (χ3n) is 8.03. The molecule has 0 atom stereocenters. The molecule has 0 unspecified atom stereocenters. The zero-order chi connectivity index (χ0) is 24.6. The van der Waals surface area contributed by atoms with E-state index in [1.807, 2.05) is 31.2 Å². The van der Waals surface area contributed by atoms with Crippen molar-refractivity contribution in [1.82, 2.24) is 10.2 Å². The van der Waals surface area contributed by atoms with Gasteiger partial charge in [-0.25, -0.2) is 4.79 Å². The topological polar surface area (TPSA) is 95.9 Å². The first kappa shape index (κ1) is 23.4. The van der Waals surface area contributed by atoms with Crippen molar-refractivity contribution in [3.05, 3.63) is 59.7 Å². The Balaban J connectivity index is 1.20. The molecular weight excluding hydrogens is 444 g/mol. The molecule has 2 aliphatic carbocycles. The summed E-state index contributed by atoms with van der Waals surface area (Å²) in [6.45, 7) is 2.99. The third kappa shape index (κ3) is 4.17. The Bertz CT molecular complexity index is 1100. The summed E-state index contributed by atoms with van der Waals surface area (Å²) in [7, 11) is 0. The molecule has 2 aromatic carbocycles. The Hall–Kier alpha value is -3.35. The van der Waals surface area contributed by atoms with E-state index in [1.54, 1.807) is 4.90 Å². The number of nitrogens with one attached hydrogen (secondary N) is 1. The van der Waals surface area contributed by atoms with Crippen LogP contribution in [0.15, 0.2) is 48.5 Å². The van der Waals surface area contributed by atoms with Crippen molar-refractivity contribution in [2.45, 2.75) is 56.9 Å². The lowest BCUT2D eigenvalue weighted by Crippen LogP contribution is -2.54. The largest absolute Gasteiger partial charge is 0.481 e. The van der Waals surface area contributed by atoms with Gasteiger partial charge in [-0.05, 0) is 54.4 Å². The number of carbonyl (C=O) groups excluding carboxylic acids is 2. The van der Waals surface area contributed by atoms with Crippen LogP contribution in [0.25, 0.3) is 11.1 Å². The highest BCUT2D eigenvalue weighted by molar-refractivity contribution is 5.93. The molecule has 0 bridgehead atoms. The predicted octanol–water partition coefficient (Wildman–Crippen LogP) is 4.55. The fourth-order valence-corrected chi connectivity index (χ4v) is 5.84. The molecule has 5 rings (SSSR count). The van der Waals surface area contributed by atoms with Crippen molar-refractivity contribution < 1.29 is 24.2 Å². The average molecular weight is 477 g/mol. The van der Waals surface area contributed by atoms with E-state index in [0.717, 1.165) is 28.7 Å². The van der Waals surface area contributed by atoms with E-state index < -0.39 is 23.0 Å². The Labute approximate surface area is 205 Å². The standard InChI is InChI=1S/C28H32N2O5/c1-2-11-27(25(32)33)14-16-30(17-15-27)24(31)28(12-13-28)29-26(34)35-18-23-21-9-5-3-7-19(21)20-8-4-6-10-22(20)23/h3-10,23H,2,11-18H2,1H3,(H,29,34)(H,32,33). The fraction of sp³-hybridized carbons (Fsp3) is 0.464. The second-order valence-corrected chi connectivity index (χ2v) is 10.2.